The van der Waals surface area contributed by atoms with Gasteiger partial charge in [-0.25, -0.2) is 4.79 Å². The van der Waals surface area contributed by atoms with Gasteiger partial charge >= 0.3 is 6.09 Å². The van der Waals surface area contributed by atoms with E-state index in [-0.39, 0.29) is 25.2 Å². The summed E-state index contributed by atoms with van der Waals surface area (Å²) in [7, 11) is 0. The average Bonchev–Trinajstić information content (AvgIpc) is 2.54. The molecule has 0 saturated carbocycles. The second kappa shape index (κ2) is 4.82. The van der Waals surface area contributed by atoms with Gasteiger partial charge in [0.1, 0.15) is 5.60 Å². The zero-order valence-electron chi connectivity index (χ0n) is 11.1. The average molecular weight is 245 g/mol. The lowest BCUT2D eigenvalue weighted by Crippen LogP contribution is -2.37. The third-order valence-corrected chi connectivity index (χ3v) is 3.21. The maximum atomic E-state index is 11.9. The molecule has 0 aromatic carbocycles. The minimum atomic E-state index is -0.524. The van der Waals surface area contributed by atoms with Crippen molar-refractivity contribution in [2.45, 2.75) is 33.3 Å². The summed E-state index contributed by atoms with van der Waals surface area (Å²) in [6, 6.07) is 0. The van der Waals surface area contributed by atoms with Crippen molar-refractivity contribution in [2.75, 3.05) is 26.3 Å². The molecule has 100 valence electrons. The Bertz CT molecular complexity index is 287. The van der Waals surface area contributed by atoms with Crippen molar-refractivity contribution in [2.24, 2.45) is 11.3 Å². The monoisotopic (exact) mass is 245 g/mol. The van der Waals surface area contributed by atoms with Gasteiger partial charge in [-0.15, -0.1) is 0 Å². The second-order valence-corrected chi connectivity index (χ2v) is 6.05. The Hall–Kier alpha value is -0.810. The van der Waals surface area contributed by atoms with Gasteiger partial charge in [0.15, 0.2) is 0 Å². The highest BCUT2D eigenvalue weighted by Gasteiger charge is 2.44. The summed E-state index contributed by atoms with van der Waals surface area (Å²) in [5.41, 5.74) is -0.963. The third-order valence-electron chi connectivity index (χ3n) is 3.21. The van der Waals surface area contributed by atoms with Crippen LogP contribution in [0, 0.1) is 11.3 Å². The highest BCUT2D eigenvalue weighted by molar-refractivity contribution is 5.68. The molecule has 1 aliphatic heterocycles. The predicted molar refractivity (Wildman–Crippen MR) is 63.6 cm³/mol. The Morgan fingerprint density at radius 3 is 2.41 bits per heavy atom. The lowest BCUT2D eigenvalue weighted by Gasteiger charge is -2.27. The predicted octanol–water partition coefficient (Wildman–Crippen LogP) is 0.844. The van der Waals surface area contributed by atoms with Crippen molar-refractivity contribution in [3.05, 3.63) is 0 Å². The fraction of sp³-hybridized carbons (Fsp3) is 0.917. The molecule has 5 nitrogen and oxygen atoms in total. The molecule has 2 N–H and O–H groups in total. The van der Waals surface area contributed by atoms with Crippen LogP contribution >= 0.6 is 0 Å². The number of aliphatic hydroxyl groups is 2. The van der Waals surface area contributed by atoms with Crippen LogP contribution in [0.15, 0.2) is 0 Å². The number of rotatable bonds is 2. The van der Waals surface area contributed by atoms with Crippen LogP contribution in [0.25, 0.3) is 0 Å². The first-order chi connectivity index (χ1) is 7.72. The van der Waals surface area contributed by atoms with E-state index in [1.54, 1.807) is 4.90 Å². The molecule has 1 saturated heterocycles. The van der Waals surface area contributed by atoms with E-state index in [0.717, 1.165) is 0 Å². The van der Waals surface area contributed by atoms with Crippen molar-refractivity contribution < 1.29 is 19.7 Å². The standard InChI is InChI=1S/C12H23NO4/c1-11(2,3)17-10(16)13-5-9(6-14)12(4,7-13)8-15/h9,14-15H,5-8H2,1-4H3. The highest BCUT2D eigenvalue weighted by Crippen LogP contribution is 2.35. The Morgan fingerprint density at radius 1 is 1.47 bits per heavy atom. The van der Waals surface area contributed by atoms with Crippen LogP contribution in [0.3, 0.4) is 0 Å². The smallest absolute Gasteiger partial charge is 0.410 e. The van der Waals surface area contributed by atoms with Crippen molar-refractivity contribution in [1.82, 2.24) is 4.90 Å². The molecule has 0 radical (unpaired) electrons. The summed E-state index contributed by atoms with van der Waals surface area (Å²) < 4.78 is 5.28. The minimum absolute atomic E-state index is 0.0314. The molecular formula is C12H23NO4. The largest absolute Gasteiger partial charge is 0.444 e. The van der Waals surface area contributed by atoms with Crippen LogP contribution in [-0.4, -0.2) is 53.1 Å². The number of aliphatic hydroxyl groups excluding tert-OH is 2. The molecule has 1 amide bonds. The molecule has 2 unspecified atom stereocenters. The molecule has 17 heavy (non-hydrogen) atoms. The van der Waals surface area contributed by atoms with Crippen LogP contribution in [0.5, 0.6) is 0 Å². The lowest BCUT2D eigenvalue weighted by molar-refractivity contribution is 0.0261. The summed E-state index contributed by atoms with van der Waals surface area (Å²) in [5.74, 6) is -0.0972. The zero-order valence-corrected chi connectivity index (χ0v) is 11.1. The molecule has 1 rings (SSSR count). The Labute approximate surface area is 102 Å². The van der Waals surface area contributed by atoms with Gasteiger partial charge in [-0.2, -0.15) is 0 Å². The van der Waals surface area contributed by atoms with E-state index >= 15 is 0 Å². The molecule has 1 heterocycles. The number of carbonyl (C=O) groups is 1. The SMILES string of the molecule is CC(C)(C)OC(=O)N1CC(CO)C(C)(CO)C1. The van der Waals surface area contributed by atoms with E-state index in [4.69, 9.17) is 4.74 Å². The first kappa shape index (κ1) is 14.3. The maximum Gasteiger partial charge on any atom is 0.410 e. The Kier molecular flexibility index (Phi) is 4.04. The maximum absolute atomic E-state index is 11.9. The molecule has 0 spiro atoms. The summed E-state index contributed by atoms with van der Waals surface area (Å²) in [6.07, 6.45) is -0.381. The summed E-state index contributed by atoms with van der Waals surface area (Å²) in [5, 5.41) is 18.6. The first-order valence-electron chi connectivity index (χ1n) is 5.91. The molecule has 0 aliphatic carbocycles. The molecule has 2 atom stereocenters. The topological polar surface area (TPSA) is 70.0 Å². The first-order valence-corrected chi connectivity index (χ1v) is 5.91. The van der Waals surface area contributed by atoms with Gasteiger partial charge < -0.3 is 19.8 Å². The van der Waals surface area contributed by atoms with E-state index in [1.807, 2.05) is 27.7 Å². The van der Waals surface area contributed by atoms with Gasteiger partial charge in [-0.05, 0) is 20.8 Å². The third kappa shape index (κ3) is 3.33. The van der Waals surface area contributed by atoms with Crippen molar-refractivity contribution in [1.29, 1.82) is 0 Å². The van der Waals surface area contributed by atoms with Crippen molar-refractivity contribution >= 4 is 6.09 Å². The van der Waals surface area contributed by atoms with E-state index < -0.39 is 11.0 Å². The fourth-order valence-corrected chi connectivity index (χ4v) is 2.04. The van der Waals surface area contributed by atoms with E-state index in [9.17, 15) is 15.0 Å². The van der Waals surface area contributed by atoms with Gasteiger partial charge in [-0.3, -0.25) is 0 Å². The zero-order chi connectivity index (χ0) is 13.3. The molecule has 1 aliphatic rings. The number of nitrogens with zero attached hydrogens (tertiary/aromatic N) is 1. The van der Waals surface area contributed by atoms with Crippen LogP contribution in [0.2, 0.25) is 0 Å². The molecule has 0 aromatic rings. The normalized spacial score (nSPS) is 29.5. The minimum Gasteiger partial charge on any atom is -0.444 e. The van der Waals surface area contributed by atoms with E-state index in [0.29, 0.717) is 13.1 Å². The van der Waals surface area contributed by atoms with Crippen LogP contribution < -0.4 is 0 Å². The fourth-order valence-electron chi connectivity index (χ4n) is 2.04. The number of hydrogen-bond acceptors (Lipinski definition) is 4. The summed E-state index contributed by atoms with van der Waals surface area (Å²) >= 11 is 0. The van der Waals surface area contributed by atoms with E-state index in [2.05, 4.69) is 0 Å². The lowest BCUT2D eigenvalue weighted by atomic mass is 9.81. The van der Waals surface area contributed by atoms with Crippen LogP contribution in [0.4, 0.5) is 4.79 Å². The number of ether oxygens (including phenoxy) is 1. The van der Waals surface area contributed by atoms with E-state index in [1.165, 1.54) is 0 Å². The molecule has 0 aromatic heterocycles. The number of carbonyl (C=O) groups excluding carboxylic acids is 1. The van der Waals surface area contributed by atoms with Gasteiger partial charge in [0.2, 0.25) is 0 Å². The molecular weight excluding hydrogens is 222 g/mol. The number of amides is 1. The van der Waals surface area contributed by atoms with Gasteiger partial charge in [0.25, 0.3) is 0 Å². The molecule has 1 fully saturated rings. The Morgan fingerprint density at radius 2 is 2.06 bits per heavy atom. The van der Waals surface area contributed by atoms with Crippen molar-refractivity contribution in [3.8, 4) is 0 Å². The van der Waals surface area contributed by atoms with Crippen LogP contribution in [0.1, 0.15) is 27.7 Å². The second-order valence-electron chi connectivity index (χ2n) is 6.05. The van der Waals surface area contributed by atoms with Crippen molar-refractivity contribution in [3.63, 3.8) is 0 Å². The molecule has 0 bridgehead atoms. The van der Waals surface area contributed by atoms with Crippen LogP contribution in [-0.2, 0) is 4.74 Å². The summed E-state index contributed by atoms with van der Waals surface area (Å²) in [4.78, 5) is 13.4. The molecule has 5 heteroatoms. The van der Waals surface area contributed by atoms with Gasteiger partial charge in [-0.1, -0.05) is 6.92 Å². The van der Waals surface area contributed by atoms with Gasteiger partial charge in [0, 0.05) is 31.0 Å². The number of likely N-dealkylation sites (tertiary alicyclic amines) is 1. The van der Waals surface area contributed by atoms with Gasteiger partial charge in [0.05, 0.1) is 6.61 Å². The highest BCUT2D eigenvalue weighted by atomic mass is 16.6. The number of hydrogen-bond donors (Lipinski definition) is 2. The summed E-state index contributed by atoms with van der Waals surface area (Å²) in [6.45, 7) is 8.10. The Balaban J connectivity index is 2.68. The quantitative estimate of drug-likeness (QED) is 0.756.